The molecule has 0 aliphatic carbocycles. The van der Waals surface area contributed by atoms with Crippen LogP contribution in [0.5, 0.6) is 11.5 Å². The van der Waals surface area contributed by atoms with Gasteiger partial charge in [0.2, 0.25) is 0 Å². The van der Waals surface area contributed by atoms with Crippen LogP contribution in [0.2, 0.25) is 0 Å². The summed E-state index contributed by atoms with van der Waals surface area (Å²) < 4.78 is 5.94. The third kappa shape index (κ3) is 4.29. The molecule has 0 spiro atoms. The first-order chi connectivity index (χ1) is 9.08. The summed E-state index contributed by atoms with van der Waals surface area (Å²) in [7, 11) is 0. The van der Waals surface area contributed by atoms with Crippen molar-refractivity contribution in [1.82, 2.24) is 4.90 Å². The molecule has 1 aromatic rings. The fraction of sp³-hybridized carbons (Fsp3) is 0.625. The third-order valence-corrected chi connectivity index (χ3v) is 3.81. The quantitative estimate of drug-likeness (QED) is 0.899. The van der Waals surface area contributed by atoms with Crippen molar-refractivity contribution in [3.63, 3.8) is 0 Å². The molecule has 0 atom stereocenters. The molecular weight excluding hydrogens is 274 g/mol. The van der Waals surface area contributed by atoms with Gasteiger partial charge in [0.1, 0.15) is 18.1 Å². The molecule has 1 aliphatic heterocycles. The number of aromatic hydroxyl groups is 1. The lowest BCUT2D eigenvalue weighted by Crippen LogP contribution is -2.25. The van der Waals surface area contributed by atoms with E-state index in [0.717, 1.165) is 30.0 Å². The Balaban J connectivity index is 0.00000200. The van der Waals surface area contributed by atoms with E-state index in [4.69, 9.17) is 4.74 Å². The van der Waals surface area contributed by atoms with Crippen LogP contribution in [0.15, 0.2) is 12.1 Å². The predicted molar refractivity (Wildman–Crippen MR) is 85.3 cm³/mol. The topological polar surface area (TPSA) is 32.7 Å². The number of aryl methyl sites for hydroxylation is 1. The van der Waals surface area contributed by atoms with Gasteiger partial charge in [-0.05, 0) is 56.5 Å². The number of halogens is 1. The molecule has 1 aliphatic rings. The number of benzene rings is 1. The highest BCUT2D eigenvalue weighted by atomic mass is 35.5. The van der Waals surface area contributed by atoms with E-state index in [9.17, 15) is 5.11 Å². The van der Waals surface area contributed by atoms with Crippen LogP contribution < -0.4 is 4.74 Å². The first-order valence-corrected chi connectivity index (χ1v) is 7.26. The predicted octanol–water partition coefficient (Wildman–Crippen LogP) is 3.72. The summed E-state index contributed by atoms with van der Waals surface area (Å²) in [6.45, 7) is 10.3. The largest absolute Gasteiger partial charge is 0.508 e. The Bertz CT molecular complexity index is 429. The van der Waals surface area contributed by atoms with Gasteiger partial charge in [0, 0.05) is 12.1 Å². The Morgan fingerprint density at radius 1 is 1.25 bits per heavy atom. The van der Waals surface area contributed by atoms with Crippen LogP contribution in [0.3, 0.4) is 0 Å². The Hall–Kier alpha value is -0.930. The van der Waals surface area contributed by atoms with Gasteiger partial charge < -0.3 is 9.84 Å². The second-order valence-electron chi connectivity index (χ2n) is 5.73. The maximum Gasteiger partial charge on any atom is 0.123 e. The van der Waals surface area contributed by atoms with Crippen molar-refractivity contribution < 1.29 is 9.84 Å². The Morgan fingerprint density at radius 2 is 1.90 bits per heavy atom. The second-order valence-corrected chi connectivity index (χ2v) is 5.73. The zero-order valence-electron chi connectivity index (χ0n) is 12.7. The maximum absolute atomic E-state index is 9.81. The number of rotatable bonds is 5. The van der Waals surface area contributed by atoms with Crippen LogP contribution >= 0.6 is 12.4 Å². The molecule has 0 amide bonds. The lowest BCUT2D eigenvalue weighted by atomic mass is 10.00. The highest BCUT2D eigenvalue weighted by Crippen LogP contribution is 2.32. The zero-order valence-corrected chi connectivity index (χ0v) is 13.5. The lowest BCUT2D eigenvalue weighted by molar-refractivity contribution is 0.235. The molecule has 1 aromatic carbocycles. The fourth-order valence-electron chi connectivity index (χ4n) is 2.55. The molecule has 1 fully saturated rings. The van der Waals surface area contributed by atoms with Crippen molar-refractivity contribution in [3.8, 4) is 11.5 Å². The summed E-state index contributed by atoms with van der Waals surface area (Å²) in [5.41, 5.74) is 1.96. The Morgan fingerprint density at radius 3 is 2.50 bits per heavy atom. The molecule has 4 heteroatoms. The monoisotopic (exact) mass is 299 g/mol. The van der Waals surface area contributed by atoms with Gasteiger partial charge in [-0.3, -0.25) is 4.90 Å². The number of nitrogens with zero attached hydrogens (tertiary/aromatic N) is 1. The normalized spacial score (nSPS) is 15.4. The average molecular weight is 300 g/mol. The molecule has 0 unspecified atom stereocenters. The van der Waals surface area contributed by atoms with Gasteiger partial charge in [0.25, 0.3) is 0 Å². The molecule has 1 N–H and O–H groups in total. The molecule has 114 valence electrons. The fourth-order valence-corrected chi connectivity index (χ4v) is 2.55. The van der Waals surface area contributed by atoms with Crippen LogP contribution in [0.4, 0.5) is 0 Å². The lowest BCUT2D eigenvalue weighted by Gasteiger charge is -2.18. The Kier molecular flexibility index (Phi) is 6.63. The highest BCUT2D eigenvalue weighted by molar-refractivity contribution is 5.85. The highest BCUT2D eigenvalue weighted by Gasteiger charge is 2.14. The second kappa shape index (κ2) is 7.75. The van der Waals surface area contributed by atoms with Crippen molar-refractivity contribution in [2.75, 3.05) is 26.2 Å². The van der Waals surface area contributed by atoms with E-state index >= 15 is 0 Å². The molecule has 1 saturated heterocycles. The molecule has 0 aromatic heterocycles. The van der Waals surface area contributed by atoms with Gasteiger partial charge >= 0.3 is 0 Å². The average Bonchev–Trinajstić information content (AvgIpc) is 2.86. The molecule has 3 nitrogen and oxygen atoms in total. The smallest absolute Gasteiger partial charge is 0.123 e. The van der Waals surface area contributed by atoms with Crippen molar-refractivity contribution in [2.45, 2.75) is 39.5 Å². The number of phenols is 1. The van der Waals surface area contributed by atoms with Crippen LogP contribution in [0, 0.1) is 6.92 Å². The molecule has 1 heterocycles. The van der Waals surface area contributed by atoms with Gasteiger partial charge in [-0.1, -0.05) is 13.8 Å². The first-order valence-electron chi connectivity index (χ1n) is 7.26. The summed E-state index contributed by atoms with van der Waals surface area (Å²) >= 11 is 0. The van der Waals surface area contributed by atoms with E-state index in [2.05, 4.69) is 18.7 Å². The van der Waals surface area contributed by atoms with Crippen molar-refractivity contribution >= 4 is 12.4 Å². The van der Waals surface area contributed by atoms with E-state index in [1.165, 1.54) is 25.9 Å². The van der Waals surface area contributed by atoms with E-state index in [1.807, 2.05) is 19.1 Å². The number of likely N-dealkylation sites (tertiary alicyclic amines) is 1. The number of hydrogen-bond donors (Lipinski definition) is 1. The number of ether oxygens (including phenoxy) is 1. The zero-order chi connectivity index (χ0) is 13.8. The molecule has 0 bridgehead atoms. The maximum atomic E-state index is 9.81. The van der Waals surface area contributed by atoms with Crippen molar-refractivity contribution in [2.24, 2.45) is 0 Å². The standard InChI is InChI=1S/C16H25NO2.ClH/c1-12(2)14-11-15(18)13(3)10-16(14)19-9-8-17-6-4-5-7-17;/h10-12,18H,4-9H2,1-3H3;1H. The van der Waals surface area contributed by atoms with Crippen LogP contribution in [0.1, 0.15) is 43.7 Å². The third-order valence-electron chi connectivity index (χ3n) is 3.81. The molecule has 0 radical (unpaired) electrons. The number of phenolic OH excluding ortho intramolecular Hbond substituents is 1. The summed E-state index contributed by atoms with van der Waals surface area (Å²) in [6.07, 6.45) is 2.63. The van der Waals surface area contributed by atoms with Crippen LogP contribution in [-0.2, 0) is 0 Å². The number of hydrogen-bond acceptors (Lipinski definition) is 3. The summed E-state index contributed by atoms with van der Waals surface area (Å²) in [5.74, 6) is 1.63. The molecular formula is C16H26ClNO2. The Labute approximate surface area is 128 Å². The van der Waals surface area contributed by atoms with E-state index < -0.39 is 0 Å². The van der Waals surface area contributed by atoms with Gasteiger partial charge in [0.15, 0.2) is 0 Å². The SMILES string of the molecule is Cc1cc(OCCN2CCCC2)c(C(C)C)cc1O.Cl. The minimum absolute atomic E-state index is 0. The van der Waals surface area contributed by atoms with Gasteiger partial charge in [-0.25, -0.2) is 0 Å². The van der Waals surface area contributed by atoms with Gasteiger partial charge in [0.05, 0.1) is 0 Å². The first kappa shape index (κ1) is 17.1. The summed E-state index contributed by atoms with van der Waals surface area (Å²) in [6, 6.07) is 3.79. The van der Waals surface area contributed by atoms with E-state index in [1.54, 1.807) is 0 Å². The molecule has 0 saturated carbocycles. The van der Waals surface area contributed by atoms with E-state index in [0.29, 0.717) is 11.7 Å². The van der Waals surface area contributed by atoms with Gasteiger partial charge in [-0.2, -0.15) is 0 Å². The minimum atomic E-state index is 0. The van der Waals surface area contributed by atoms with E-state index in [-0.39, 0.29) is 12.4 Å². The van der Waals surface area contributed by atoms with Gasteiger partial charge in [-0.15, -0.1) is 12.4 Å². The van der Waals surface area contributed by atoms with Crippen LogP contribution in [0.25, 0.3) is 0 Å². The minimum Gasteiger partial charge on any atom is -0.508 e. The van der Waals surface area contributed by atoms with Crippen molar-refractivity contribution in [3.05, 3.63) is 23.3 Å². The molecule has 2 rings (SSSR count). The summed E-state index contributed by atoms with van der Waals surface area (Å²) in [5, 5.41) is 9.81. The van der Waals surface area contributed by atoms with Crippen LogP contribution in [-0.4, -0.2) is 36.2 Å². The summed E-state index contributed by atoms with van der Waals surface area (Å²) in [4.78, 5) is 2.45. The van der Waals surface area contributed by atoms with Crippen molar-refractivity contribution in [1.29, 1.82) is 0 Å². The molecule has 20 heavy (non-hydrogen) atoms.